The summed E-state index contributed by atoms with van der Waals surface area (Å²) in [4.78, 5) is 37.9. The van der Waals surface area contributed by atoms with Crippen LogP contribution in [-0.2, 0) is 19.1 Å². The molecule has 9 heteroatoms. The lowest BCUT2D eigenvalue weighted by Gasteiger charge is -2.58. The lowest BCUT2D eigenvalue weighted by Crippen LogP contribution is -2.52. The SMILES string of the molecule is C.CNC(CCCCNC(=O)CCC(C)(C)OC[N+](C)(S)C(=O)C1CCC2(C)C(=CCC3C2CCC2(C)C(CCCCC(C)C)CCC32)C1)C(N)=O. The van der Waals surface area contributed by atoms with Crippen molar-refractivity contribution in [2.24, 2.45) is 52.1 Å². The number of nitrogens with zero attached hydrogens (tertiary/aromatic N) is 1. The topological polar surface area (TPSA) is 111 Å². The van der Waals surface area contributed by atoms with Crippen LogP contribution in [0.4, 0.5) is 0 Å². The van der Waals surface area contributed by atoms with Crippen molar-refractivity contribution in [1.82, 2.24) is 10.6 Å². The largest absolute Gasteiger partial charge is 0.368 e. The average molecular weight is 748 g/mol. The molecular formula is C43H79N4O4S+. The highest BCUT2D eigenvalue weighted by Gasteiger charge is 2.59. The van der Waals surface area contributed by atoms with E-state index in [4.69, 9.17) is 23.3 Å². The van der Waals surface area contributed by atoms with Crippen LogP contribution < -0.4 is 16.4 Å². The molecule has 4 aliphatic rings. The Balaban J connectivity index is 0.00000729. The quantitative estimate of drug-likeness (QED) is 0.0348. The highest BCUT2D eigenvalue weighted by atomic mass is 32.1. The summed E-state index contributed by atoms with van der Waals surface area (Å²) >= 11 is 4.86. The van der Waals surface area contributed by atoms with Gasteiger partial charge in [0.05, 0.1) is 37.4 Å². The third-order valence-corrected chi connectivity index (χ3v) is 14.6. The van der Waals surface area contributed by atoms with Gasteiger partial charge in [0, 0.05) is 13.0 Å². The van der Waals surface area contributed by atoms with Crippen LogP contribution in [0, 0.1) is 46.3 Å². The minimum Gasteiger partial charge on any atom is -0.368 e. The second-order valence-corrected chi connectivity index (χ2v) is 19.7. The van der Waals surface area contributed by atoms with Crippen LogP contribution in [0.3, 0.4) is 0 Å². The second kappa shape index (κ2) is 18.9. The summed E-state index contributed by atoms with van der Waals surface area (Å²) in [5, 5.41) is 5.89. The average Bonchev–Trinajstić information content (AvgIpc) is 3.41. The van der Waals surface area contributed by atoms with Crippen LogP contribution >= 0.6 is 12.8 Å². The van der Waals surface area contributed by atoms with Gasteiger partial charge in [0.2, 0.25) is 18.5 Å². The van der Waals surface area contributed by atoms with Gasteiger partial charge in [-0.3, -0.25) is 9.59 Å². The first-order valence-corrected chi connectivity index (χ1v) is 21.0. The van der Waals surface area contributed by atoms with Gasteiger partial charge in [0.25, 0.3) is 0 Å². The molecule has 8 nitrogen and oxygen atoms in total. The summed E-state index contributed by atoms with van der Waals surface area (Å²) in [6.07, 6.45) is 20.9. The highest BCUT2D eigenvalue weighted by molar-refractivity contribution is 7.74. The fourth-order valence-corrected chi connectivity index (χ4v) is 11.1. The zero-order valence-corrected chi connectivity index (χ0v) is 34.6. The Bertz CT molecular complexity index is 1240. The summed E-state index contributed by atoms with van der Waals surface area (Å²) in [7, 11) is 3.58. The number of thiol groups is 1. The monoisotopic (exact) mass is 748 g/mol. The Hall–Kier alpha value is -1.42. The lowest BCUT2D eigenvalue weighted by molar-refractivity contribution is -0.724. The molecule has 0 aromatic rings. The molecule has 4 N–H and O–H groups in total. The van der Waals surface area contributed by atoms with Gasteiger partial charge in [0.15, 0.2) is 0 Å². The molecule has 9 atom stereocenters. The maximum atomic E-state index is 14.0. The molecule has 52 heavy (non-hydrogen) atoms. The Kier molecular flexibility index (Phi) is 16.4. The molecule has 0 aromatic heterocycles. The van der Waals surface area contributed by atoms with Gasteiger partial charge < -0.3 is 21.1 Å². The van der Waals surface area contributed by atoms with Gasteiger partial charge in [-0.05, 0) is 145 Å². The zero-order valence-electron chi connectivity index (χ0n) is 33.7. The molecule has 4 aliphatic carbocycles. The molecular weight excluding hydrogens is 669 g/mol. The molecule has 0 heterocycles. The van der Waals surface area contributed by atoms with E-state index in [0.29, 0.717) is 31.2 Å². The van der Waals surface area contributed by atoms with Crippen molar-refractivity contribution in [1.29, 1.82) is 0 Å². The summed E-state index contributed by atoms with van der Waals surface area (Å²) in [6, 6.07) is -0.334. The molecule has 0 spiro atoms. The molecule has 0 radical (unpaired) electrons. The Morgan fingerprint density at radius 3 is 2.42 bits per heavy atom. The number of hydrogen-bond acceptors (Lipinski definition) is 6. The fraction of sp³-hybridized carbons (Fsp3) is 0.884. The number of primary amides is 1. The molecule has 4 rings (SSSR count). The van der Waals surface area contributed by atoms with Crippen LogP contribution in [0.5, 0.6) is 0 Å². The number of unbranched alkanes of at least 4 members (excludes halogenated alkanes) is 2. The van der Waals surface area contributed by atoms with E-state index in [-0.39, 0.29) is 53.1 Å². The molecule has 3 amide bonds. The first-order valence-electron chi connectivity index (χ1n) is 20.6. The lowest BCUT2D eigenvalue weighted by atomic mass is 9.47. The standard InChI is InChI=1S/C42H74N4O4S.CH4/c1-29(2)13-9-10-14-31-17-19-34-33-18-16-32-27-30(20-24-42(32,6)35(33)21-25-41(31,34)5)39(49)46(8,51)28-50-40(3,4)23-22-37(47)45-26-12-11-15-36(44-7)38(43)48;/h16,29-31,33-36,44,51H,9-15,17-28H2,1-8H3,(H2-,43,45,47,48);1H4/p+1. The van der Waals surface area contributed by atoms with E-state index >= 15 is 0 Å². The third-order valence-electron chi connectivity index (χ3n) is 14.3. The van der Waals surface area contributed by atoms with Crippen molar-refractivity contribution >= 4 is 30.5 Å². The number of hydrogen-bond donors (Lipinski definition) is 4. The highest BCUT2D eigenvalue weighted by Crippen LogP contribution is 2.67. The van der Waals surface area contributed by atoms with Crippen molar-refractivity contribution in [3.63, 3.8) is 0 Å². The molecule has 3 saturated carbocycles. The summed E-state index contributed by atoms with van der Waals surface area (Å²) in [6.45, 7) is 14.6. The number of rotatable bonds is 19. The van der Waals surface area contributed by atoms with Gasteiger partial charge in [-0.2, -0.15) is 3.89 Å². The van der Waals surface area contributed by atoms with Gasteiger partial charge in [-0.25, -0.2) is 4.79 Å². The van der Waals surface area contributed by atoms with E-state index in [9.17, 15) is 14.4 Å². The minimum absolute atomic E-state index is 0. The molecule has 0 bridgehead atoms. The molecule has 3 fully saturated rings. The smallest absolute Gasteiger partial charge is 0.330 e. The van der Waals surface area contributed by atoms with E-state index < -0.39 is 5.60 Å². The molecule has 0 saturated heterocycles. The van der Waals surface area contributed by atoms with Crippen molar-refractivity contribution in [3.05, 3.63) is 11.6 Å². The van der Waals surface area contributed by atoms with Crippen LogP contribution in [0.2, 0.25) is 0 Å². The number of allylic oxidation sites excluding steroid dienone is 2. The number of fused-ring (bicyclic) bond motifs is 5. The number of quaternary nitrogens is 1. The van der Waals surface area contributed by atoms with Crippen molar-refractivity contribution in [2.45, 2.75) is 170 Å². The minimum atomic E-state index is -0.573. The molecule has 0 aromatic carbocycles. The third kappa shape index (κ3) is 10.9. The van der Waals surface area contributed by atoms with Crippen molar-refractivity contribution in [2.75, 3.05) is 27.4 Å². The number of nitrogens with one attached hydrogen (secondary N) is 2. The van der Waals surface area contributed by atoms with Crippen LogP contribution in [0.25, 0.3) is 0 Å². The number of ether oxygens (including phenoxy) is 1. The van der Waals surface area contributed by atoms with Gasteiger partial charge >= 0.3 is 5.91 Å². The number of carbonyl (C=O) groups excluding carboxylic acids is 3. The normalized spacial score (nSPS) is 31.7. The van der Waals surface area contributed by atoms with Crippen LogP contribution in [0.1, 0.15) is 158 Å². The first kappa shape index (κ1) is 45.0. The van der Waals surface area contributed by atoms with Gasteiger partial charge in [-0.1, -0.05) is 66.0 Å². The summed E-state index contributed by atoms with van der Waals surface area (Å²) in [5.74, 6) is 3.85. The zero-order chi connectivity index (χ0) is 37.6. The number of carbonyl (C=O) groups is 3. The Labute approximate surface area is 324 Å². The van der Waals surface area contributed by atoms with E-state index in [1.807, 2.05) is 20.9 Å². The van der Waals surface area contributed by atoms with Gasteiger partial charge in [0.1, 0.15) is 0 Å². The predicted octanol–water partition coefficient (Wildman–Crippen LogP) is 8.74. The van der Waals surface area contributed by atoms with E-state index in [0.717, 1.165) is 61.7 Å². The maximum absolute atomic E-state index is 14.0. The number of nitrogens with two attached hydrogens (primary N) is 1. The molecule has 300 valence electrons. The maximum Gasteiger partial charge on any atom is 0.330 e. The second-order valence-electron chi connectivity index (χ2n) is 18.8. The predicted molar refractivity (Wildman–Crippen MR) is 217 cm³/mol. The van der Waals surface area contributed by atoms with Crippen LogP contribution in [-0.4, -0.2) is 60.6 Å². The number of likely N-dealkylation sites (N-methyl/N-ethyl adjacent to an activating group) is 1. The first-order chi connectivity index (χ1) is 23.9. The van der Waals surface area contributed by atoms with E-state index in [2.05, 4.69) is 44.4 Å². The summed E-state index contributed by atoms with van der Waals surface area (Å²) < 4.78 is 6.18. The summed E-state index contributed by atoms with van der Waals surface area (Å²) in [5.41, 5.74) is 7.07. The Morgan fingerprint density at radius 2 is 1.75 bits per heavy atom. The molecule has 0 aliphatic heterocycles. The van der Waals surface area contributed by atoms with E-state index in [1.54, 1.807) is 7.05 Å². The van der Waals surface area contributed by atoms with Crippen molar-refractivity contribution < 1.29 is 23.0 Å². The fourth-order valence-electron chi connectivity index (χ4n) is 10.9. The van der Waals surface area contributed by atoms with Crippen LogP contribution in [0.15, 0.2) is 11.6 Å². The number of amides is 3. The van der Waals surface area contributed by atoms with Crippen molar-refractivity contribution in [3.8, 4) is 0 Å². The molecule has 9 unspecified atom stereocenters. The Morgan fingerprint density at radius 1 is 1.04 bits per heavy atom. The van der Waals surface area contributed by atoms with Gasteiger partial charge in [-0.15, -0.1) is 0 Å². The van der Waals surface area contributed by atoms with E-state index in [1.165, 1.54) is 63.4 Å².